The Bertz CT molecular complexity index is 446. The third-order valence-corrected chi connectivity index (χ3v) is 3.72. The first-order valence-electron chi connectivity index (χ1n) is 5.47. The Balaban J connectivity index is 1.82. The van der Waals surface area contributed by atoms with E-state index in [0.29, 0.717) is 5.92 Å². The second-order valence-corrected chi connectivity index (χ2v) is 4.86. The van der Waals surface area contributed by atoms with Gasteiger partial charge in [0.05, 0.1) is 4.88 Å². The van der Waals surface area contributed by atoms with E-state index in [1.807, 2.05) is 17.5 Å². The minimum atomic E-state index is 0.481. The highest BCUT2D eigenvalue weighted by molar-refractivity contribution is 7.13. The van der Waals surface area contributed by atoms with Crippen molar-refractivity contribution in [1.29, 1.82) is 0 Å². The summed E-state index contributed by atoms with van der Waals surface area (Å²) in [5.74, 6) is 2.30. The summed E-state index contributed by atoms with van der Waals surface area (Å²) in [7, 11) is 0. The lowest BCUT2D eigenvalue weighted by atomic mass is 10.00. The van der Waals surface area contributed by atoms with Crippen LogP contribution in [0.15, 0.2) is 17.5 Å². The van der Waals surface area contributed by atoms with E-state index in [2.05, 4.69) is 15.2 Å². The first kappa shape index (κ1) is 9.99. The summed E-state index contributed by atoms with van der Waals surface area (Å²) < 4.78 is 5.34. The highest BCUT2D eigenvalue weighted by Gasteiger charge is 2.19. The van der Waals surface area contributed by atoms with Crippen LogP contribution in [0.5, 0.6) is 0 Å². The molecule has 0 bridgehead atoms. The maximum absolute atomic E-state index is 5.34. The maximum Gasteiger partial charge on any atom is 0.191 e. The van der Waals surface area contributed by atoms with Gasteiger partial charge in [0, 0.05) is 19.1 Å². The highest BCUT2D eigenvalue weighted by atomic mass is 32.1. The largest absolute Gasteiger partial charge is 0.381 e. The molecule has 1 aliphatic rings. The number of nitrogens with zero attached hydrogens (tertiary/aromatic N) is 2. The fraction of sp³-hybridized carbons (Fsp3) is 0.455. The number of rotatable bonds is 2. The summed E-state index contributed by atoms with van der Waals surface area (Å²) in [6.07, 6.45) is 2.08. The fourth-order valence-corrected chi connectivity index (χ4v) is 2.60. The molecule has 1 aliphatic heterocycles. The van der Waals surface area contributed by atoms with Crippen molar-refractivity contribution < 1.29 is 4.74 Å². The molecule has 0 aliphatic carbocycles. The van der Waals surface area contributed by atoms with E-state index in [1.54, 1.807) is 11.3 Å². The number of thiophene rings is 1. The summed E-state index contributed by atoms with van der Waals surface area (Å²) in [6, 6.07) is 4.06. The summed E-state index contributed by atoms with van der Waals surface area (Å²) >= 11 is 1.67. The molecule has 0 radical (unpaired) electrons. The Labute approximate surface area is 97.7 Å². The van der Waals surface area contributed by atoms with E-state index < -0.39 is 0 Å². The summed E-state index contributed by atoms with van der Waals surface area (Å²) in [5.41, 5.74) is 0. The molecule has 0 atom stereocenters. The van der Waals surface area contributed by atoms with Crippen molar-refractivity contribution in [2.75, 3.05) is 13.2 Å². The molecular formula is C11H13N3OS. The molecule has 2 aromatic heterocycles. The fourth-order valence-electron chi connectivity index (χ4n) is 1.94. The molecule has 84 valence electrons. The molecule has 5 heteroatoms. The topological polar surface area (TPSA) is 50.8 Å². The monoisotopic (exact) mass is 235 g/mol. The maximum atomic E-state index is 5.34. The van der Waals surface area contributed by atoms with Gasteiger partial charge in [-0.25, -0.2) is 4.98 Å². The van der Waals surface area contributed by atoms with Crippen LogP contribution in [-0.4, -0.2) is 28.4 Å². The molecular weight excluding hydrogens is 222 g/mol. The first-order chi connectivity index (χ1) is 7.93. The second-order valence-electron chi connectivity index (χ2n) is 3.91. The standard InChI is InChI=1S/C11H13N3OS/c1-2-9(16-7-1)11-12-10(13-14-11)8-3-5-15-6-4-8/h1-2,7-8H,3-6H2,(H,12,13,14). The SMILES string of the molecule is c1csc(-c2n[nH]c(C3CCOCC3)n2)c1. The smallest absolute Gasteiger partial charge is 0.191 e. The Hall–Kier alpha value is -1.20. The number of hydrogen-bond acceptors (Lipinski definition) is 4. The van der Waals surface area contributed by atoms with Crippen molar-refractivity contribution in [1.82, 2.24) is 15.2 Å². The van der Waals surface area contributed by atoms with Crippen LogP contribution in [0.4, 0.5) is 0 Å². The third-order valence-electron chi connectivity index (χ3n) is 2.85. The highest BCUT2D eigenvalue weighted by Crippen LogP contribution is 2.27. The Kier molecular flexibility index (Phi) is 2.71. The number of hydrogen-bond donors (Lipinski definition) is 1. The molecule has 3 rings (SSSR count). The summed E-state index contributed by atoms with van der Waals surface area (Å²) in [5, 5.41) is 9.36. The van der Waals surface area contributed by atoms with Gasteiger partial charge in [-0.15, -0.1) is 11.3 Å². The third kappa shape index (κ3) is 1.88. The number of aromatic nitrogens is 3. The predicted octanol–water partition coefficient (Wildman–Crippen LogP) is 2.43. The molecule has 16 heavy (non-hydrogen) atoms. The zero-order valence-electron chi connectivity index (χ0n) is 8.85. The second kappa shape index (κ2) is 4.35. The van der Waals surface area contributed by atoms with Gasteiger partial charge in [0.2, 0.25) is 0 Å². The van der Waals surface area contributed by atoms with E-state index in [1.165, 1.54) is 0 Å². The first-order valence-corrected chi connectivity index (χ1v) is 6.35. The molecule has 2 aromatic rings. The van der Waals surface area contributed by atoms with E-state index >= 15 is 0 Å². The van der Waals surface area contributed by atoms with E-state index in [0.717, 1.165) is 42.6 Å². The van der Waals surface area contributed by atoms with Gasteiger partial charge in [-0.3, -0.25) is 5.10 Å². The Morgan fingerprint density at radius 2 is 2.25 bits per heavy atom. The minimum absolute atomic E-state index is 0.481. The zero-order chi connectivity index (χ0) is 10.8. The Morgan fingerprint density at radius 3 is 3.00 bits per heavy atom. The molecule has 1 N–H and O–H groups in total. The van der Waals surface area contributed by atoms with Crippen molar-refractivity contribution in [3.05, 3.63) is 23.3 Å². The lowest BCUT2D eigenvalue weighted by molar-refractivity contribution is 0.0836. The number of aromatic amines is 1. The van der Waals surface area contributed by atoms with E-state index in [9.17, 15) is 0 Å². The van der Waals surface area contributed by atoms with Crippen molar-refractivity contribution in [3.8, 4) is 10.7 Å². The normalized spacial score (nSPS) is 17.8. The zero-order valence-corrected chi connectivity index (χ0v) is 9.67. The van der Waals surface area contributed by atoms with Crippen LogP contribution in [-0.2, 0) is 4.74 Å². The van der Waals surface area contributed by atoms with Crippen molar-refractivity contribution in [2.24, 2.45) is 0 Å². The van der Waals surface area contributed by atoms with Crippen molar-refractivity contribution in [2.45, 2.75) is 18.8 Å². The summed E-state index contributed by atoms with van der Waals surface area (Å²) in [6.45, 7) is 1.67. The van der Waals surface area contributed by atoms with Gasteiger partial charge in [0.1, 0.15) is 5.82 Å². The Morgan fingerprint density at radius 1 is 1.38 bits per heavy atom. The van der Waals surface area contributed by atoms with E-state index in [-0.39, 0.29) is 0 Å². The molecule has 0 unspecified atom stereocenters. The molecule has 1 saturated heterocycles. The van der Waals surface area contributed by atoms with Gasteiger partial charge in [-0.1, -0.05) is 6.07 Å². The molecule has 4 nitrogen and oxygen atoms in total. The van der Waals surface area contributed by atoms with Crippen molar-refractivity contribution >= 4 is 11.3 Å². The average Bonchev–Trinajstić information content (AvgIpc) is 3.01. The molecule has 1 fully saturated rings. The van der Waals surface area contributed by atoms with Gasteiger partial charge in [-0.2, -0.15) is 5.10 Å². The van der Waals surface area contributed by atoms with Gasteiger partial charge < -0.3 is 4.74 Å². The van der Waals surface area contributed by atoms with Gasteiger partial charge in [0.25, 0.3) is 0 Å². The lowest BCUT2D eigenvalue weighted by Gasteiger charge is -2.19. The minimum Gasteiger partial charge on any atom is -0.381 e. The van der Waals surface area contributed by atoms with Crippen LogP contribution in [0.1, 0.15) is 24.6 Å². The van der Waals surface area contributed by atoms with Crippen molar-refractivity contribution in [3.63, 3.8) is 0 Å². The quantitative estimate of drug-likeness (QED) is 0.869. The molecule has 0 spiro atoms. The van der Waals surface area contributed by atoms with Crippen LogP contribution in [0.2, 0.25) is 0 Å². The van der Waals surface area contributed by atoms with Crippen LogP contribution >= 0.6 is 11.3 Å². The van der Waals surface area contributed by atoms with Crippen LogP contribution < -0.4 is 0 Å². The number of ether oxygens (including phenoxy) is 1. The van der Waals surface area contributed by atoms with Gasteiger partial charge in [0.15, 0.2) is 5.82 Å². The van der Waals surface area contributed by atoms with E-state index in [4.69, 9.17) is 4.74 Å². The number of H-pyrrole nitrogens is 1. The predicted molar refractivity (Wildman–Crippen MR) is 62.5 cm³/mol. The van der Waals surface area contributed by atoms with Crippen LogP contribution in [0, 0.1) is 0 Å². The average molecular weight is 235 g/mol. The molecule has 0 saturated carbocycles. The molecule has 0 amide bonds. The summed E-state index contributed by atoms with van der Waals surface area (Å²) in [4.78, 5) is 5.68. The molecule has 0 aromatic carbocycles. The lowest BCUT2D eigenvalue weighted by Crippen LogP contribution is -2.15. The van der Waals surface area contributed by atoms with Crippen LogP contribution in [0.3, 0.4) is 0 Å². The van der Waals surface area contributed by atoms with Crippen LogP contribution in [0.25, 0.3) is 10.7 Å². The number of nitrogens with one attached hydrogen (secondary N) is 1. The van der Waals surface area contributed by atoms with Gasteiger partial charge in [-0.05, 0) is 24.3 Å². The molecule has 3 heterocycles. The van der Waals surface area contributed by atoms with Gasteiger partial charge >= 0.3 is 0 Å².